The van der Waals surface area contributed by atoms with Crippen LogP contribution in [0.3, 0.4) is 0 Å². The normalized spacial score (nSPS) is 28.9. The third-order valence-electron chi connectivity index (χ3n) is 4.38. The summed E-state index contributed by atoms with van der Waals surface area (Å²) < 4.78 is 4.89. The fourth-order valence-electron chi connectivity index (χ4n) is 2.98. The first-order valence-corrected chi connectivity index (χ1v) is 6.76. The summed E-state index contributed by atoms with van der Waals surface area (Å²) in [6.45, 7) is 1.61. The largest absolute Gasteiger partial charge is 0.469 e. The van der Waals surface area contributed by atoms with Crippen LogP contribution < -0.4 is 0 Å². The highest BCUT2D eigenvalue weighted by Gasteiger charge is 2.54. The van der Waals surface area contributed by atoms with Gasteiger partial charge in [-0.3, -0.25) is 9.59 Å². The van der Waals surface area contributed by atoms with Crippen molar-refractivity contribution in [2.75, 3.05) is 14.2 Å². The third kappa shape index (κ3) is 2.38. The fraction of sp³-hybridized carbons (Fsp3) is 0.438. The summed E-state index contributed by atoms with van der Waals surface area (Å²) in [5.41, 5.74) is -0.348. The summed E-state index contributed by atoms with van der Waals surface area (Å²) in [6.07, 6.45) is 0.192. The maximum absolute atomic E-state index is 12.3. The van der Waals surface area contributed by atoms with Crippen molar-refractivity contribution < 1.29 is 14.3 Å². The Bertz CT molecular complexity index is 593. The Kier molecular flexibility index (Phi) is 3.99. The molecule has 1 heterocycles. The Labute approximate surface area is 124 Å². The van der Waals surface area contributed by atoms with E-state index in [1.165, 1.54) is 12.0 Å². The van der Waals surface area contributed by atoms with Crippen molar-refractivity contribution in [3.63, 3.8) is 0 Å². The zero-order valence-corrected chi connectivity index (χ0v) is 12.4. The summed E-state index contributed by atoms with van der Waals surface area (Å²) in [6, 6.07) is 11.5. The molecule has 21 heavy (non-hydrogen) atoms. The second kappa shape index (κ2) is 5.57. The fourth-order valence-corrected chi connectivity index (χ4v) is 2.98. The molecule has 1 aromatic rings. The Balaban J connectivity index is 2.55. The van der Waals surface area contributed by atoms with Crippen LogP contribution in [0.15, 0.2) is 30.3 Å². The van der Waals surface area contributed by atoms with Crippen molar-refractivity contribution in [2.24, 2.45) is 5.92 Å². The molecule has 1 amide bonds. The van der Waals surface area contributed by atoms with Gasteiger partial charge in [0.15, 0.2) is 0 Å². The van der Waals surface area contributed by atoms with Gasteiger partial charge in [0.25, 0.3) is 0 Å². The molecule has 1 saturated heterocycles. The minimum absolute atomic E-state index is 0.145. The van der Waals surface area contributed by atoms with Crippen molar-refractivity contribution in [1.82, 2.24) is 4.90 Å². The molecule has 110 valence electrons. The van der Waals surface area contributed by atoms with E-state index in [-0.39, 0.29) is 18.2 Å². The number of ether oxygens (including phenoxy) is 1. The number of likely N-dealkylation sites (tertiary alicyclic amines) is 1. The van der Waals surface area contributed by atoms with Crippen LogP contribution in [-0.2, 0) is 14.3 Å². The molecule has 5 heteroatoms. The van der Waals surface area contributed by atoms with Gasteiger partial charge in [-0.2, -0.15) is 5.26 Å². The van der Waals surface area contributed by atoms with Gasteiger partial charge in [0.2, 0.25) is 5.91 Å². The minimum atomic E-state index is -1.22. The van der Waals surface area contributed by atoms with Crippen LogP contribution in [0, 0.1) is 17.2 Å². The molecule has 0 unspecified atom stereocenters. The number of benzene rings is 1. The molecule has 0 bridgehead atoms. The molecule has 0 aliphatic carbocycles. The summed E-state index contributed by atoms with van der Waals surface area (Å²) in [5, 5.41) is 9.57. The molecule has 0 N–H and O–H groups in total. The number of methoxy groups -OCH3 is 1. The van der Waals surface area contributed by atoms with Crippen LogP contribution in [0.1, 0.15) is 24.8 Å². The molecule has 1 aromatic carbocycles. The van der Waals surface area contributed by atoms with Crippen LogP contribution in [0.25, 0.3) is 0 Å². The summed E-state index contributed by atoms with van der Waals surface area (Å²) in [7, 11) is 2.86. The number of piperidine rings is 1. The van der Waals surface area contributed by atoms with Gasteiger partial charge >= 0.3 is 5.97 Å². The number of esters is 1. The Morgan fingerprint density at radius 2 is 2.05 bits per heavy atom. The van der Waals surface area contributed by atoms with Crippen LogP contribution in [0.4, 0.5) is 0 Å². The molecule has 0 saturated carbocycles. The molecule has 3 atom stereocenters. The van der Waals surface area contributed by atoms with Crippen molar-refractivity contribution >= 4 is 11.9 Å². The Hall–Kier alpha value is -2.35. The second-order valence-electron chi connectivity index (χ2n) is 5.43. The lowest BCUT2D eigenvalue weighted by molar-refractivity contribution is -0.158. The first-order valence-electron chi connectivity index (χ1n) is 6.76. The number of nitrogens with zero attached hydrogens (tertiary/aromatic N) is 2. The number of hydrogen-bond donors (Lipinski definition) is 0. The summed E-state index contributed by atoms with van der Waals surface area (Å²) in [4.78, 5) is 25.9. The average molecular weight is 286 g/mol. The topological polar surface area (TPSA) is 70.4 Å². The van der Waals surface area contributed by atoms with Gasteiger partial charge in [-0.1, -0.05) is 30.3 Å². The van der Waals surface area contributed by atoms with Crippen molar-refractivity contribution in [2.45, 2.75) is 24.8 Å². The van der Waals surface area contributed by atoms with Gasteiger partial charge in [0.05, 0.1) is 13.2 Å². The quantitative estimate of drug-likeness (QED) is 0.776. The van der Waals surface area contributed by atoms with E-state index in [1.54, 1.807) is 14.0 Å². The molecule has 1 fully saturated rings. The summed E-state index contributed by atoms with van der Waals surface area (Å²) >= 11 is 0. The highest BCUT2D eigenvalue weighted by Crippen LogP contribution is 2.43. The van der Waals surface area contributed by atoms with Crippen molar-refractivity contribution in [3.8, 4) is 6.07 Å². The molecule has 1 aliphatic rings. The molecule has 5 nitrogen and oxygen atoms in total. The van der Waals surface area contributed by atoms with Crippen LogP contribution >= 0.6 is 0 Å². The maximum Gasteiger partial charge on any atom is 0.312 e. The highest BCUT2D eigenvalue weighted by atomic mass is 16.5. The monoisotopic (exact) mass is 286 g/mol. The molecule has 2 rings (SSSR count). The van der Waals surface area contributed by atoms with Gasteiger partial charge in [0.1, 0.15) is 11.5 Å². The van der Waals surface area contributed by atoms with E-state index in [0.717, 1.165) is 5.56 Å². The predicted octanol–water partition coefficient (Wildman–Crippen LogP) is 1.70. The van der Waals surface area contributed by atoms with E-state index in [9.17, 15) is 14.9 Å². The van der Waals surface area contributed by atoms with E-state index in [1.807, 2.05) is 30.3 Å². The Morgan fingerprint density at radius 3 is 2.57 bits per heavy atom. The van der Waals surface area contributed by atoms with Gasteiger partial charge in [0, 0.05) is 19.4 Å². The van der Waals surface area contributed by atoms with Crippen molar-refractivity contribution in [1.29, 1.82) is 5.26 Å². The molecular weight excluding hydrogens is 268 g/mol. The van der Waals surface area contributed by atoms with Crippen LogP contribution in [-0.4, -0.2) is 36.5 Å². The molecular formula is C16H18N2O3. The van der Waals surface area contributed by atoms with E-state index >= 15 is 0 Å². The standard InChI is InChI=1S/C16H18N2O3/c1-16(10-17)14(15(20)21-3)12(9-13(19)18(16)2)11-7-5-4-6-8-11/h4-8,12,14H,9H2,1-3H3/t12-,14+,16+/m0/s1. The SMILES string of the molecule is COC(=O)[C@H]1[C@H](c2ccccc2)CC(=O)N(C)[C@]1(C)C#N. The first-order chi connectivity index (χ1) is 9.95. The number of amides is 1. The van der Waals surface area contributed by atoms with Crippen molar-refractivity contribution in [3.05, 3.63) is 35.9 Å². The van der Waals surface area contributed by atoms with E-state index < -0.39 is 17.4 Å². The van der Waals surface area contributed by atoms with E-state index in [4.69, 9.17) is 4.74 Å². The van der Waals surface area contributed by atoms with E-state index in [0.29, 0.717) is 0 Å². The second-order valence-corrected chi connectivity index (χ2v) is 5.43. The molecule has 0 radical (unpaired) electrons. The highest BCUT2D eigenvalue weighted by molar-refractivity contribution is 5.85. The van der Waals surface area contributed by atoms with Gasteiger partial charge in [-0.15, -0.1) is 0 Å². The van der Waals surface area contributed by atoms with Crippen LogP contribution in [0.2, 0.25) is 0 Å². The summed E-state index contributed by atoms with van der Waals surface area (Å²) in [5.74, 6) is -1.68. The predicted molar refractivity (Wildman–Crippen MR) is 76.1 cm³/mol. The number of rotatable bonds is 2. The first kappa shape index (κ1) is 15.0. The molecule has 1 aliphatic heterocycles. The lowest BCUT2D eigenvalue weighted by Gasteiger charge is -2.46. The number of hydrogen-bond acceptors (Lipinski definition) is 4. The lowest BCUT2D eigenvalue weighted by atomic mass is 9.69. The van der Waals surface area contributed by atoms with Gasteiger partial charge < -0.3 is 9.64 Å². The lowest BCUT2D eigenvalue weighted by Crippen LogP contribution is -2.60. The number of carbonyl (C=O) groups is 2. The molecule has 0 spiro atoms. The van der Waals surface area contributed by atoms with Crippen LogP contribution in [0.5, 0.6) is 0 Å². The smallest absolute Gasteiger partial charge is 0.312 e. The third-order valence-corrected chi connectivity index (χ3v) is 4.38. The van der Waals surface area contributed by atoms with Gasteiger partial charge in [-0.05, 0) is 12.5 Å². The number of nitriles is 1. The van der Waals surface area contributed by atoms with E-state index in [2.05, 4.69) is 6.07 Å². The molecule has 0 aromatic heterocycles. The Morgan fingerprint density at radius 1 is 1.43 bits per heavy atom. The maximum atomic E-state index is 12.3. The zero-order valence-electron chi connectivity index (χ0n) is 12.4. The number of carbonyl (C=O) groups excluding carboxylic acids is 2. The zero-order chi connectivity index (χ0) is 15.6. The van der Waals surface area contributed by atoms with Gasteiger partial charge in [-0.25, -0.2) is 0 Å². The average Bonchev–Trinajstić information content (AvgIpc) is 2.52. The minimum Gasteiger partial charge on any atom is -0.469 e.